The first-order chi connectivity index (χ1) is 20.2. The molecule has 2 aliphatic heterocycles. The fraction of sp³-hybridized carbons (Fsp3) is 0.419. The molecular weight excluding hydrogens is 532 g/mol. The van der Waals surface area contributed by atoms with Crippen LogP contribution in [0.3, 0.4) is 0 Å². The van der Waals surface area contributed by atoms with Gasteiger partial charge in [-0.3, -0.25) is 24.8 Å². The van der Waals surface area contributed by atoms with Gasteiger partial charge in [-0.05, 0) is 69.0 Å². The molecule has 0 radical (unpaired) electrons. The quantitative estimate of drug-likeness (QED) is 0.274. The van der Waals surface area contributed by atoms with E-state index in [-0.39, 0.29) is 29.6 Å². The van der Waals surface area contributed by atoms with Crippen LogP contribution in [0.1, 0.15) is 47.1 Å². The Hall–Kier alpha value is -4.22. The number of amidine groups is 1. The third-order valence-electron chi connectivity index (χ3n) is 8.75. The number of nitrogens with one attached hydrogen (secondary N) is 3. The molecule has 11 heteroatoms. The molecule has 3 aromatic heterocycles. The molecule has 0 aromatic carbocycles. The number of hydrogen-bond acceptors (Lipinski definition) is 7. The van der Waals surface area contributed by atoms with Crippen molar-refractivity contribution in [2.75, 3.05) is 36.9 Å². The van der Waals surface area contributed by atoms with Crippen molar-refractivity contribution in [1.82, 2.24) is 24.3 Å². The third kappa shape index (κ3) is 5.03. The summed E-state index contributed by atoms with van der Waals surface area (Å²) in [6.07, 6.45) is 9.33. The molecule has 1 atom stereocenters. The number of anilines is 2. The molecule has 0 saturated carbocycles. The van der Waals surface area contributed by atoms with Gasteiger partial charge in [0.15, 0.2) is 0 Å². The summed E-state index contributed by atoms with van der Waals surface area (Å²) in [5.41, 5.74) is 5.95. The van der Waals surface area contributed by atoms with E-state index in [0.717, 1.165) is 37.9 Å². The van der Waals surface area contributed by atoms with Gasteiger partial charge >= 0.3 is 0 Å². The zero-order valence-corrected chi connectivity index (χ0v) is 24.4. The van der Waals surface area contributed by atoms with E-state index in [0.29, 0.717) is 53.9 Å². The first kappa shape index (κ1) is 27.9. The highest BCUT2D eigenvalue weighted by atomic mass is 16.3. The minimum Gasteiger partial charge on any atom is -0.392 e. The second-order valence-corrected chi connectivity index (χ2v) is 11.5. The zero-order chi connectivity index (χ0) is 29.5. The number of carbonyl (C=O) groups is 1. The molecule has 1 aliphatic carbocycles. The van der Waals surface area contributed by atoms with E-state index >= 15 is 0 Å². The maximum atomic E-state index is 13.7. The summed E-state index contributed by atoms with van der Waals surface area (Å²) < 4.78 is 3.61. The van der Waals surface area contributed by atoms with Gasteiger partial charge in [0.25, 0.3) is 11.5 Å². The Kier molecular flexibility index (Phi) is 7.46. The Balaban J connectivity index is 1.31. The number of aryl methyl sites for hydroxylation is 2. The Bertz CT molecular complexity index is 1650. The molecule has 5 heterocycles. The summed E-state index contributed by atoms with van der Waals surface area (Å²) in [4.78, 5) is 35.2. The van der Waals surface area contributed by atoms with Gasteiger partial charge in [-0.2, -0.15) is 0 Å². The highest BCUT2D eigenvalue weighted by molar-refractivity contribution is 6.06. The highest BCUT2D eigenvalue weighted by Gasteiger charge is 2.32. The van der Waals surface area contributed by atoms with Crippen molar-refractivity contribution in [3.63, 3.8) is 0 Å². The Morgan fingerprint density at radius 3 is 2.81 bits per heavy atom. The summed E-state index contributed by atoms with van der Waals surface area (Å²) in [7, 11) is 3.70. The Morgan fingerprint density at radius 1 is 1.21 bits per heavy atom. The fourth-order valence-electron chi connectivity index (χ4n) is 6.30. The predicted molar refractivity (Wildman–Crippen MR) is 163 cm³/mol. The molecule has 3 aliphatic rings. The molecule has 3 aromatic rings. The van der Waals surface area contributed by atoms with Gasteiger partial charge in [-0.1, -0.05) is 0 Å². The number of aromatic nitrogens is 3. The molecule has 11 nitrogen and oxygen atoms in total. The molecule has 1 unspecified atom stereocenters. The molecule has 0 spiro atoms. The second kappa shape index (κ2) is 11.2. The smallest absolute Gasteiger partial charge is 0.276 e. The van der Waals surface area contributed by atoms with Crippen LogP contribution < -0.4 is 21.1 Å². The van der Waals surface area contributed by atoms with Crippen LogP contribution in [0.2, 0.25) is 0 Å². The van der Waals surface area contributed by atoms with Crippen molar-refractivity contribution in [2.45, 2.75) is 51.8 Å². The lowest BCUT2D eigenvalue weighted by molar-refractivity contribution is 0.0963. The van der Waals surface area contributed by atoms with Gasteiger partial charge in [-0.25, -0.2) is 4.98 Å². The number of pyridine rings is 2. The molecule has 1 amide bonds. The summed E-state index contributed by atoms with van der Waals surface area (Å²) in [6, 6.07) is 5.90. The number of carbonyl (C=O) groups excluding carboxylic acids is 1. The zero-order valence-electron chi connectivity index (χ0n) is 24.4. The second-order valence-electron chi connectivity index (χ2n) is 11.5. The van der Waals surface area contributed by atoms with Crippen LogP contribution in [0.4, 0.5) is 11.5 Å². The van der Waals surface area contributed by atoms with Crippen molar-refractivity contribution in [2.24, 2.45) is 7.05 Å². The summed E-state index contributed by atoms with van der Waals surface area (Å²) in [5.74, 6) is 0.403. The van der Waals surface area contributed by atoms with Gasteiger partial charge in [0.05, 0.1) is 6.61 Å². The third-order valence-corrected chi connectivity index (χ3v) is 8.75. The number of likely N-dealkylation sites (N-methyl/N-ethyl adjacent to an activating group) is 1. The molecule has 220 valence electrons. The van der Waals surface area contributed by atoms with Crippen molar-refractivity contribution in [3.8, 4) is 11.1 Å². The minimum atomic E-state index is -0.328. The number of fused-ring (bicyclic) bond motifs is 3. The van der Waals surface area contributed by atoms with Crippen LogP contribution in [-0.2, 0) is 33.0 Å². The average molecular weight is 571 g/mol. The molecule has 42 heavy (non-hydrogen) atoms. The van der Waals surface area contributed by atoms with E-state index in [9.17, 15) is 14.7 Å². The number of aliphatic hydroxyl groups excluding tert-OH is 1. The van der Waals surface area contributed by atoms with E-state index in [1.54, 1.807) is 42.6 Å². The number of hydrogen-bond donors (Lipinski definition) is 4. The minimum absolute atomic E-state index is 0.0946. The number of nitrogens with zero attached hydrogens (tertiary/aromatic N) is 5. The average Bonchev–Trinajstić information content (AvgIpc) is 3.37. The van der Waals surface area contributed by atoms with Crippen LogP contribution in [0.5, 0.6) is 0 Å². The topological polar surface area (TPSA) is 132 Å². The lowest BCUT2D eigenvalue weighted by Gasteiger charge is -2.32. The van der Waals surface area contributed by atoms with Crippen LogP contribution in [0.15, 0.2) is 47.2 Å². The van der Waals surface area contributed by atoms with Gasteiger partial charge < -0.3 is 24.9 Å². The predicted octanol–water partition coefficient (Wildman–Crippen LogP) is 2.48. The van der Waals surface area contributed by atoms with E-state index in [4.69, 9.17) is 5.41 Å². The van der Waals surface area contributed by atoms with E-state index in [1.165, 1.54) is 15.8 Å². The number of amides is 1. The standard InChI is InChI=1S/C31H38N8O3/c1-19-15-34-22(17-36(19)2)14-28(32)35-25-12-21(16-37(3)30(25)41)23-8-9-33-29(24(23)18-40)39-11-10-38-26-7-5-4-6-20(26)13-27(38)31(39)42/h8-9,12-14,16,19,34,40H,4-7,10-11,15,17-18H2,1-3H3,(H2,32,35)/b22-14-. The first-order valence-electron chi connectivity index (χ1n) is 14.6. The van der Waals surface area contributed by atoms with Gasteiger partial charge in [0, 0.05) is 80.3 Å². The molecule has 0 bridgehead atoms. The van der Waals surface area contributed by atoms with Crippen molar-refractivity contribution in [3.05, 3.63) is 75.2 Å². The Labute approximate surface area is 245 Å². The molecule has 4 N–H and O–H groups in total. The number of rotatable bonds is 5. The lowest BCUT2D eigenvalue weighted by atomic mass is 9.98. The SMILES string of the molecule is CC1CN/C(=C\C(=N)Nc2cc(-c3ccnc(N4CCn5c(cc6c5CCCC6)C4=O)c3CO)cn(C)c2=O)CN1C. The van der Waals surface area contributed by atoms with Crippen LogP contribution in [0.25, 0.3) is 11.1 Å². The molecule has 6 rings (SSSR count). The molecular formula is C31H38N8O3. The van der Waals surface area contributed by atoms with Crippen molar-refractivity contribution in [1.29, 1.82) is 5.41 Å². The Morgan fingerprint density at radius 2 is 2.02 bits per heavy atom. The fourth-order valence-corrected chi connectivity index (χ4v) is 6.30. The first-order valence-corrected chi connectivity index (χ1v) is 14.6. The number of aliphatic hydroxyl groups is 1. The van der Waals surface area contributed by atoms with Gasteiger partial charge in [-0.15, -0.1) is 0 Å². The van der Waals surface area contributed by atoms with Gasteiger partial charge in [0.1, 0.15) is 23.0 Å². The van der Waals surface area contributed by atoms with Crippen molar-refractivity contribution >= 4 is 23.2 Å². The summed E-state index contributed by atoms with van der Waals surface area (Å²) >= 11 is 0. The normalized spacial score (nSPS) is 19.8. The number of piperazine rings is 1. The lowest BCUT2D eigenvalue weighted by Crippen LogP contribution is -2.46. The van der Waals surface area contributed by atoms with Crippen LogP contribution >= 0.6 is 0 Å². The van der Waals surface area contributed by atoms with Gasteiger partial charge in [0.2, 0.25) is 0 Å². The molecule has 1 saturated heterocycles. The van der Waals surface area contributed by atoms with Crippen LogP contribution in [-0.4, -0.2) is 68.6 Å². The van der Waals surface area contributed by atoms with E-state index < -0.39 is 0 Å². The molecule has 1 fully saturated rings. The highest BCUT2D eigenvalue weighted by Crippen LogP contribution is 2.34. The largest absolute Gasteiger partial charge is 0.392 e. The van der Waals surface area contributed by atoms with Crippen LogP contribution in [0, 0.1) is 5.41 Å². The summed E-state index contributed by atoms with van der Waals surface area (Å²) in [5, 5.41) is 25.4. The monoisotopic (exact) mass is 570 g/mol. The van der Waals surface area contributed by atoms with E-state index in [1.807, 2.05) is 13.1 Å². The maximum Gasteiger partial charge on any atom is 0.276 e. The maximum absolute atomic E-state index is 13.7. The van der Waals surface area contributed by atoms with Crippen molar-refractivity contribution < 1.29 is 9.90 Å². The summed E-state index contributed by atoms with van der Waals surface area (Å²) in [6.45, 7) is 4.43. The van der Waals surface area contributed by atoms with E-state index in [2.05, 4.69) is 32.0 Å².